The van der Waals surface area contributed by atoms with E-state index in [-0.39, 0.29) is 23.7 Å². The summed E-state index contributed by atoms with van der Waals surface area (Å²) in [5, 5.41) is 10.6. The van der Waals surface area contributed by atoms with Crippen molar-refractivity contribution in [1.82, 2.24) is 9.55 Å². The smallest absolute Gasteiger partial charge is 0.353 e. The topological polar surface area (TPSA) is 72.2 Å². The van der Waals surface area contributed by atoms with E-state index in [1.165, 1.54) is 17.8 Å². The fourth-order valence-corrected chi connectivity index (χ4v) is 2.62. The summed E-state index contributed by atoms with van der Waals surface area (Å²) in [5.41, 5.74) is 1.99. The number of benzene rings is 1. The van der Waals surface area contributed by atoms with Crippen LogP contribution in [0.15, 0.2) is 47.5 Å². The molecule has 0 unspecified atom stereocenters. The number of nitrogens with zero attached hydrogens (tertiary/aromatic N) is 2. The number of hydrogen-bond donors (Lipinski definition) is 1. The number of carboxylic acid groups (broad SMARTS) is 1. The molecule has 2 aromatic heterocycles. The van der Waals surface area contributed by atoms with E-state index in [4.69, 9.17) is 0 Å². The maximum absolute atomic E-state index is 12.4. The zero-order valence-electron chi connectivity index (χ0n) is 12.6. The largest absolute Gasteiger partial charge is 0.477 e. The Morgan fingerprint density at radius 3 is 2.39 bits per heavy atom. The van der Waals surface area contributed by atoms with Crippen molar-refractivity contribution < 1.29 is 9.90 Å². The minimum Gasteiger partial charge on any atom is -0.477 e. The number of carbonyl (C=O) groups is 1. The number of aromatic carboxylic acids is 1. The van der Waals surface area contributed by atoms with Crippen LogP contribution in [0.3, 0.4) is 0 Å². The summed E-state index contributed by atoms with van der Waals surface area (Å²) in [6.45, 7) is 1.96. The first-order valence-electron chi connectivity index (χ1n) is 6.77. The van der Waals surface area contributed by atoms with Crippen molar-refractivity contribution in [3.05, 3.63) is 64.3 Å². The lowest BCUT2D eigenvalue weighted by Gasteiger charge is -2.14. The lowest BCUT2D eigenvalue weighted by atomic mass is 9.97. The van der Waals surface area contributed by atoms with Gasteiger partial charge in [-0.15, -0.1) is 12.4 Å². The summed E-state index contributed by atoms with van der Waals surface area (Å²) < 4.78 is 1.17. The first-order chi connectivity index (χ1) is 10.5. The molecule has 0 saturated heterocycles. The Morgan fingerprint density at radius 2 is 1.78 bits per heavy atom. The molecule has 0 radical (unpaired) electrons. The molecular formula is C17H15ClN2O3. The average Bonchev–Trinajstić information content (AvgIpc) is 2.51. The highest BCUT2D eigenvalue weighted by molar-refractivity contribution is 6.05. The molecule has 1 N–H and O–H groups in total. The van der Waals surface area contributed by atoms with Crippen LogP contribution >= 0.6 is 12.4 Å². The van der Waals surface area contributed by atoms with Crippen molar-refractivity contribution in [2.24, 2.45) is 7.05 Å². The lowest BCUT2D eigenvalue weighted by molar-refractivity contribution is 0.0686. The molecule has 0 aliphatic rings. The van der Waals surface area contributed by atoms with Gasteiger partial charge in [0.2, 0.25) is 0 Å². The quantitative estimate of drug-likeness (QED) is 0.784. The van der Waals surface area contributed by atoms with E-state index >= 15 is 0 Å². The molecule has 1 aromatic carbocycles. The number of halogens is 1. The minimum absolute atomic E-state index is 0. The van der Waals surface area contributed by atoms with Crippen molar-refractivity contribution in [2.75, 3.05) is 0 Å². The van der Waals surface area contributed by atoms with E-state index in [1.54, 1.807) is 12.3 Å². The number of rotatable bonds is 2. The molecule has 6 heteroatoms. The molecule has 0 aliphatic heterocycles. The van der Waals surface area contributed by atoms with Crippen LogP contribution < -0.4 is 5.56 Å². The van der Waals surface area contributed by atoms with Gasteiger partial charge in [0.25, 0.3) is 5.56 Å². The van der Waals surface area contributed by atoms with Gasteiger partial charge in [-0.05, 0) is 18.6 Å². The maximum atomic E-state index is 12.4. The van der Waals surface area contributed by atoms with Gasteiger partial charge in [0.05, 0.1) is 5.39 Å². The first-order valence-corrected chi connectivity index (χ1v) is 6.77. The SMILES string of the molecule is Cc1ccc(-c2c(C(=O)O)n(C)c(=O)c3cnccc23)cc1.Cl. The van der Waals surface area contributed by atoms with Crippen molar-refractivity contribution in [2.45, 2.75) is 6.92 Å². The fourth-order valence-electron chi connectivity index (χ4n) is 2.62. The van der Waals surface area contributed by atoms with Gasteiger partial charge in [0, 0.05) is 30.4 Å². The van der Waals surface area contributed by atoms with Gasteiger partial charge >= 0.3 is 5.97 Å². The van der Waals surface area contributed by atoms with E-state index in [1.807, 2.05) is 31.2 Å². The van der Waals surface area contributed by atoms with Crippen LogP contribution in [-0.4, -0.2) is 20.6 Å². The fraction of sp³-hybridized carbons (Fsp3) is 0.118. The zero-order valence-corrected chi connectivity index (χ0v) is 13.4. The van der Waals surface area contributed by atoms with Crippen LogP contribution in [-0.2, 0) is 7.05 Å². The van der Waals surface area contributed by atoms with Crippen LogP contribution in [0.5, 0.6) is 0 Å². The van der Waals surface area contributed by atoms with Gasteiger partial charge in [-0.25, -0.2) is 4.79 Å². The molecule has 2 heterocycles. The average molecular weight is 331 g/mol. The van der Waals surface area contributed by atoms with Crippen molar-refractivity contribution >= 4 is 29.1 Å². The summed E-state index contributed by atoms with van der Waals surface area (Å²) >= 11 is 0. The molecule has 3 rings (SSSR count). The van der Waals surface area contributed by atoms with Crippen LogP contribution in [0, 0.1) is 6.92 Å². The van der Waals surface area contributed by atoms with Gasteiger partial charge in [-0.1, -0.05) is 29.8 Å². The predicted octanol–water partition coefficient (Wildman–Crippen LogP) is 3.03. The Bertz CT molecular complexity index is 946. The molecule has 23 heavy (non-hydrogen) atoms. The predicted molar refractivity (Wildman–Crippen MR) is 91.4 cm³/mol. The van der Waals surface area contributed by atoms with Crippen molar-refractivity contribution in [3.8, 4) is 11.1 Å². The summed E-state index contributed by atoms with van der Waals surface area (Å²) in [6.07, 6.45) is 3.03. The van der Waals surface area contributed by atoms with Gasteiger partial charge in [0.1, 0.15) is 5.69 Å². The van der Waals surface area contributed by atoms with Gasteiger partial charge < -0.3 is 9.67 Å². The second kappa shape index (κ2) is 6.22. The third kappa shape index (κ3) is 2.71. The number of fused-ring (bicyclic) bond motifs is 1. The first kappa shape index (κ1) is 16.7. The minimum atomic E-state index is -1.13. The van der Waals surface area contributed by atoms with E-state index in [9.17, 15) is 14.7 Å². The third-order valence-corrected chi connectivity index (χ3v) is 3.74. The monoisotopic (exact) mass is 330 g/mol. The molecular weight excluding hydrogens is 316 g/mol. The highest BCUT2D eigenvalue weighted by atomic mass is 35.5. The van der Waals surface area contributed by atoms with Gasteiger partial charge in [0.15, 0.2) is 0 Å². The molecule has 0 bridgehead atoms. The van der Waals surface area contributed by atoms with Crippen molar-refractivity contribution in [3.63, 3.8) is 0 Å². The maximum Gasteiger partial charge on any atom is 0.353 e. The molecule has 5 nitrogen and oxygen atoms in total. The Morgan fingerprint density at radius 1 is 1.13 bits per heavy atom. The number of hydrogen-bond acceptors (Lipinski definition) is 3. The molecule has 3 aromatic rings. The Kier molecular flexibility index (Phi) is 4.52. The Labute approximate surface area is 138 Å². The number of pyridine rings is 2. The van der Waals surface area contributed by atoms with Crippen LogP contribution in [0.2, 0.25) is 0 Å². The van der Waals surface area contributed by atoms with Crippen LogP contribution in [0.25, 0.3) is 21.9 Å². The molecule has 0 aliphatic carbocycles. The van der Waals surface area contributed by atoms with Crippen molar-refractivity contribution in [1.29, 1.82) is 0 Å². The van der Waals surface area contributed by atoms with Gasteiger partial charge in [-0.3, -0.25) is 9.78 Å². The lowest BCUT2D eigenvalue weighted by Crippen LogP contribution is -2.24. The number of aryl methyl sites for hydroxylation is 1. The normalized spacial score (nSPS) is 10.3. The number of aromatic nitrogens is 2. The number of carboxylic acids is 1. The Balaban J connectivity index is 0.00000192. The second-order valence-corrected chi connectivity index (χ2v) is 5.18. The summed E-state index contributed by atoms with van der Waals surface area (Å²) in [5.74, 6) is -1.13. The Hall–Kier alpha value is -2.66. The highest BCUT2D eigenvalue weighted by Gasteiger charge is 2.21. The van der Waals surface area contributed by atoms with Crippen LogP contribution in [0.4, 0.5) is 0 Å². The molecule has 0 amide bonds. The van der Waals surface area contributed by atoms with E-state index in [0.29, 0.717) is 16.3 Å². The second-order valence-electron chi connectivity index (χ2n) is 5.18. The molecule has 118 valence electrons. The van der Waals surface area contributed by atoms with Crippen LogP contribution in [0.1, 0.15) is 16.1 Å². The van der Waals surface area contributed by atoms with E-state index in [2.05, 4.69) is 4.98 Å². The van der Waals surface area contributed by atoms with Gasteiger partial charge in [-0.2, -0.15) is 0 Å². The zero-order chi connectivity index (χ0) is 15.9. The molecule has 0 spiro atoms. The highest BCUT2D eigenvalue weighted by Crippen LogP contribution is 2.30. The van der Waals surface area contributed by atoms with E-state index in [0.717, 1.165) is 11.1 Å². The summed E-state index contributed by atoms with van der Waals surface area (Å²) in [6, 6.07) is 9.24. The van der Waals surface area contributed by atoms with E-state index < -0.39 is 5.97 Å². The summed E-state index contributed by atoms with van der Waals surface area (Å²) in [4.78, 5) is 28.0. The molecule has 0 saturated carbocycles. The molecule has 0 atom stereocenters. The molecule has 0 fully saturated rings. The standard InChI is InChI=1S/C17H14N2O3.ClH/c1-10-3-5-11(6-4-10)14-12-7-8-18-9-13(12)16(20)19(2)15(14)17(21)22;/h3-9H,1-2H3,(H,21,22);1H. The summed E-state index contributed by atoms with van der Waals surface area (Å²) in [7, 11) is 1.47. The third-order valence-electron chi connectivity index (χ3n) is 3.74.